The van der Waals surface area contributed by atoms with E-state index in [0.717, 1.165) is 60.4 Å². The van der Waals surface area contributed by atoms with Crippen molar-refractivity contribution >= 4 is 11.7 Å². The molecule has 0 unspecified atom stereocenters. The van der Waals surface area contributed by atoms with Gasteiger partial charge in [-0.2, -0.15) is 4.98 Å². The van der Waals surface area contributed by atoms with E-state index in [1.165, 1.54) is 0 Å². The highest BCUT2D eigenvalue weighted by atomic mass is 16.5. The zero-order chi connectivity index (χ0) is 15.7. The lowest BCUT2D eigenvalue weighted by Crippen LogP contribution is -2.34. The number of anilines is 1. The standard InChI is InChI=1S/C17H14N6O/c1-2-4-12-11(3-1)15-18-7-8-22(15)17-13(19-9-23(12)17)14-20-16(24-21-14)10-5-6-10/h1-4,9-10H,5-8H2. The van der Waals surface area contributed by atoms with Crippen molar-refractivity contribution in [3.8, 4) is 17.2 Å². The molecule has 1 aliphatic carbocycles. The first-order valence-electron chi connectivity index (χ1n) is 8.23. The van der Waals surface area contributed by atoms with E-state index in [-0.39, 0.29) is 0 Å². The lowest BCUT2D eigenvalue weighted by Gasteiger charge is -2.29. The Morgan fingerprint density at radius 2 is 2.08 bits per heavy atom. The number of aromatic nitrogens is 4. The van der Waals surface area contributed by atoms with Crippen molar-refractivity contribution in [3.63, 3.8) is 0 Å². The highest BCUT2D eigenvalue weighted by molar-refractivity contribution is 6.16. The minimum absolute atomic E-state index is 0.439. The fourth-order valence-electron chi connectivity index (χ4n) is 3.52. The number of hydrogen-bond acceptors (Lipinski definition) is 6. The number of para-hydroxylation sites is 1. The van der Waals surface area contributed by atoms with E-state index in [0.29, 0.717) is 11.7 Å². The van der Waals surface area contributed by atoms with E-state index in [2.05, 4.69) is 36.7 Å². The summed E-state index contributed by atoms with van der Waals surface area (Å²) in [4.78, 5) is 16.1. The molecule has 0 N–H and O–H groups in total. The summed E-state index contributed by atoms with van der Waals surface area (Å²) in [6, 6.07) is 8.28. The highest BCUT2D eigenvalue weighted by Gasteiger charge is 2.36. The Kier molecular flexibility index (Phi) is 2.24. The third kappa shape index (κ3) is 1.56. The molecule has 2 aromatic heterocycles. The van der Waals surface area contributed by atoms with Crippen LogP contribution in [0.3, 0.4) is 0 Å². The van der Waals surface area contributed by atoms with Crippen LogP contribution in [-0.4, -0.2) is 38.6 Å². The second kappa shape index (κ2) is 4.31. The molecule has 24 heavy (non-hydrogen) atoms. The fraction of sp³-hybridized carbons (Fsp3) is 0.294. The van der Waals surface area contributed by atoms with Gasteiger partial charge in [0.05, 0.1) is 12.2 Å². The van der Waals surface area contributed by atoms with Gasteiger partial charge in [0.1, 0.15) is 12.2 Å². The molecule has 0 saturated heterocycles. The smallest absolute Gasteiger partial charge is 0.230 e. The minimum Gasteiger partial charge on any atom is -0.339 e. The van der Waals surface area contributed by atoms with Gasteiger partial charge in [-0.05, 0) is 25.0 Å². The van der Waals surface area contributed by atoms with Gasteiger partial charge in [-0.15, -0.1) is 0 Å². The van der Waals surface area contributed by atoms with Gasteiger partial charge in [0, 0.05) is 18.0 Å². The fourth-order valence-corrected chi connectivity index (χ4v) is 3.52. The molecule has 0 atom stereocenters. The van der Waals surface area contributed by atoms with E-state index >= 15 is 0 Å². The summed E-state index contributed by atoms with van der Waals surface area (Å²) in [5.41, 5.74) is 2.99. The first kappa shape index (κ1) is 12.5. The van der Waals surface area contributed by atoms with Gasteiger partial charge < -0.3 is 9.42 Å². The topological polar surface area (TPSA) is 72.3 Å². The van der Waals surface area contributed by atoms with Crippen LogP contribution < -0.4 is 4.90 Å². The summed E-state index contributed by atoms with van der Waals surface area (Å²) in [5.74, 6) is 3.72. The molecule has 1 aromatic carbocycles. The van der Waals surface area contributed by atoms with Crippen molar-refractivity contribution in [2.45, 2.75) is 18.8 Å². The molecule has 1 saturated carbocycles. The van der Waals surface area contributed by atoms with E-state index < -0.39 is 0 Å². The highest BCUT2D eigenvalue weighted by Crippen LogP contribution is 2.41. The van der Waals surface area contributed by atoms with E-state index in [1.807, 2.05) is 18.5 Å². The Morgan fingerprint density at radius 1 is 1.17 bits per heavy atom. The van der Waals surface area contributed by atoms with Crippen LogP contribution in [0.5, 0.6) is 0 Å². The normalized spacial score (nSPS) is 18.2. The quantitative estimate of drug-likeness (QED) is 0.725. The van der Waals surface area contributed by atoms with Crippen LogP contribution >= 0.6 is 0 Å². The number of amidine groups is 1. The van der Waals surface area contributed by atoms with Gasteiger partial charge in [0.15, 0.2) is 11.5 Å². The van der Waals surface area contributed by atoms with Gasteiger partial charge in [0.25, 0.3) is 0 Å². The second-order valence-electron chi connectivity index (χ2n) is 6.39. The monoisotopic (exact) mass is 318 g/mol. The number of rotatable bonds is 2. The maximum Gasteiger partial charge on any atom is 0.230 e. The van der Waals surface area contributed by atoms with Crippen LogP contribution in [0.4, 0.5) is 5.82 Å². The zero-order valence-corrected chi connectivity index (χ0v) is 12.9. The molecule has 7 nitrogen and oxygen atoms in total. The molecule has 2 aliphatic heterocycles. The van der Waals surface area contributed by atoms with Crippen LogP contribution in [0.1, 0.15) is 30.2 Å². The molecule has 0 bridgehead atoms. The molecule has 7 heteroatoms. The van der Waals surface area contributed by atoms with Crippen molar-refractivity contribution in [2.75, 3.05) is 18.0 Å². The molecule has 6 rings (SSSR count). The van der Waals surface area contributed by atoms with Crippen molar-refractivity contribution in [3.05, 3.63) is 42.0 Å². The van der Waals surface area contributed by atoms with Crippen LogP contribution in [-0.2, 0) is 0 Å². The Hall–Kier alpha value is -2.96. The Balaban J connectivity index is 1.57. The first-order chi connectivity index (χ1) is 11.9. The predicted octanol–water partition coefficient (Wildman–Crippen LogP) is 2.38. The molecular weight excluding hydrogens is 304 g/mol. The Morgan fingerprint density at radius 3 is 3.00 bits per heavy atom. The number of benzene rings is 1. The summed E-state index contributed by atoms with van der Waals surface area (Å²) >= 11 is 0. The third-order valence-corrected chi connectivity index (χ3v) is 4.82. The molecule has 3 aromatic rings. The average Bonchev–Trinajstić information content (AvgIpc) is 3.05. The van der Waals surface area contributed by atoms with Gasteiger partial charge in [0.2, 0.25) is 11.7 Å². The second-order valence-corrected chi connectivity index (χ2v) is 6.39. The number of fused-ring (bicyclic) bond motifs is 6. The predicted molar refractivity (Wildman–Crippen MR) is 87.6 cm³/mol. The molecule has 0 radical (unpaired) electrons. The SMILES string of the molecule is c1ccc2c(c1)C1=NCCN1c1c(-c3noc(C4CC4)n3)ncn1-2. The van der Waals surface area contributed by atoms with Crippen molar-refractivity contribution in [1.29, 1.82) is 0 Å². The van der Waals surface area contributed by atoms with Crippen LogP contribution in [0.15, 0.2) is 40.1 Å². The molecule has 1 fully saturated rings. The number of hydrogen-bond donors (Lipinski definition) is 0. The molecular formula is C17H14N6O. The van der Waals surface area contributed by atoms with Crippen LogP contribution in [0, 0.1) is 0 Å². The van der Waals surface area contributed by atoms with Gasteiger partial charge in [-0.25, -0.2) is 4.98 Å². The van der Waals surface area contributed by atoms with Crippen molar-refractivity contribution < 1.29 is 4.52 Å². The summed E-state index contributed by atoms with van der Waals surface area (Å²) in [6.45, 7) is 1.63. The van der Waals surface area contributed by atoms with Gasteiger partial charge >= 0.3 is 0 Å². The molecule has 4 heterocycles. The van der Waals surface area contributed by atoms with E-state index in [4.69, 9.17) is 9.52 Å². The maximum atomic E-state index is 5.43. The lowest BCUT2D eigenvalue weighted by molar-refractivity contribution is 0.380. The third-order valence-electron chi connectivity index (χ3n) is 4.82. The van der Waals surface area contributed by atoms with Crippen molar-refractivity contribution in [2.24, 2.45) is 4.99 Å². The van der Waals surface area contributed by atoms with E-state index in [1.54, 1.807) is 0 Å². The summed E-state index contributed by atoms with van der Waals surface area (Å²) in [6.07, 6.45) is 4.12. The van der Waals surface area contributed by atoms with Gasteiger partial charge in [-0.1, -0.05) is 17.3 Å². The van der Waals surface area contributed by atoms with Gasteiger partial charge in [-0.3, -0.25) is 9.56 Å². The molecule has 0 amide bonds. The molecule has 3 aliphatic rings. The number of nitrogens with zero attached hydrogens (tertiary/aromatic N) is 6. The van der Waals surface area contributed by atoms with Crippen LogP contribution in [0.25, 0.3) is 17.2 Å². The number of imidazole rings is 1. The first-order valence-corrected chi connectivity index (χ1v) is 8.23. The summed E-state index contributed by atoms with van der Waals surface area (Å²) in [5, 5.41) is 4.17. The lowest BCUT2D eigenvalue weighted by atomic mass is 10.1. The summed E-state index contributed by atoms with van der Waals surface area (Å²) in [7, 11) is 0. The number of aliphatic imine (C=N–C) groups is 1. The molecule has 0 spiro atoms. The Bertz CT molecular complexity index is 996. The van der Waals surface area contributed by atoms with Crippen LogP contribution in [0.2, 0.25) is 0 Å². The largest absolute Gasteiger partial charge is 0.339 e. The maximum absolute atomic E-state index is 5.43. The minimum atomic E-state index is 0.439. The van der Waals surface area contributed by atoms with E-state index in [9.17, 15) is 0 Å². The zero-order valence-electron chi connectivity index (χ0n) is 12.9. The van der Waals surface area contributed by atoms with Crippen molar-refractivity contribution in [1.82, 2.24) is 19.7 Å². The Labute approximate surface area is 137 Å². The molecule has 118 valence electrons. The summed E-state index contributed by atoms with van der Waals surface area (Å²) < 4.78 is 7.52. The average molecular weight is 318 g/mol.